The second-order valence-corrected chi connectivity index (χ2v) is 13.0. The molecule has 0 fully saturated rings. The average Bonchev–Trinajstić information content (AvgIpc) is 3.01. The molecular weight excluding hydrogens is 594 g/mol. The number of hydrogen-bond donors (Lipinski definition) is 0. The minimum Gasteiger partial charge on any atom is -0.544 e. The van der Waals surface area contributed by atoms with Crippen LogP contribution in [0.5, 0.6) is 0 Å². The number of allylic oxidation sites excluding steroid dienone is 8. The number of aliphatic carboxylic acids is 1. The summed E-state index contributed by atoms with van der Waals surface area (Å²) in [5.74, 6) is -1.80. The monoisotopic (exact) mass is 661 g/mol. The highest BCUT2D eigenvalue weighted by Crippen LogP contribution is 2.12. The Labute approximate surface area is 286 Å². The molecule has 8 heteroatoms. The van der Waals surface area contributed by atoms with Crippen LogP contribution >= 0.6 is 0 Å². The summed E-state index contributed by atoms with van der Waals surface area (Å²) in [4.78, 5) is 36.5. The summed E-state index contributed by atoms with van der Waals surface area (Å²) in [5, 5.41) is 11.5. The van der Waals surface area contributed by atoms with Gasteiger partial charge in [0.05, 0.1) is 40.3 Å². The molecule has 0 rings (SSSR count). The summed E-state index contributed by atoms with van der Waals surface area (Å²) in [6.45, 7) is 4.35. The molecular formula is C39H67NO7. The smallest absolute Gasteiger partial charge is 0.306 e. The number of hydrogen-bond acceptors (Lipinski definition) is 7. The molecule has 0 amide bonds. The van der Waals surface area contributed by atoms with Crippen molar-refractivity contribution in [2.24, 2.45) is 0 Å². The zero-order valence-corrected chi connectivity index (χ0v) is 30.4. The van der Waals surface area contributed by atoms with E-state index in [4.69, 9.17) is 14.2 Å². The lowest BCUT2D eigenvalue weighted by Gasteiger charge is -2.34. The molecule has 2 atom stereocenters. The van der Waals surface area contributed by atoms with Crippen molar-refractivity contribution in [3.8, 4) is 0 Å². The Morgan fingerprint density at radius 3 is 1.68 bits per heavy atom. The van der Waals surface area contributed by atoms with Crippen molar-refractivity contribution in [1.29, 1.82) is 0 Å². The van der Waals surface area contributed by atoms with E-state index in [1.807, 2.05) is 0 Å². The predicted molar refractivity (Wildman–Crippen MR) is 189 cm³/mol. The van der Waals surface area contributed by atoms with Crippen molar-refractivity contribution < 1.29 is 38.2 Å². The molecule has 0 heterocycles. The van der Waals surface area contributed by atoms with Gasteiger partial charge in [-0.15, -0.1) is 0 Å². The van der Waals surface area contributed by atoms with Crippen LogP contribution in [0.15, 0.2) is 48.6 Å². The highest BCUT2D eigenvalue weighted by molar-refractivity contribution is 5.70. The maximum atomic E-state index is 12.6. The summed E-state index contributed by atoms with van der Waals surface area (Å²) in [6.07, 6.45) is 32.9. The van der Waals surface area contributed by atoms with E-state index in [1.54, 1.807) is 21.1 Å². The highest BCUT2D eigenvalue weighted by atomic mass is 16.6. The maximum Gasteiger partial charge on any atom is 0.306 e. The van der Waals surface area contributed by atoms with Crippen LogP contribution in [0.25, 0.3) is 0 Å². The Morgan fingerprint density at radius 2 is 1.13 bits per heavy atom. The van der Waals surface area contributed by atoms with Gasteiger partial charge >= 0.3 is 11.9 Å². The number of unbranched alkanes of at least 4 members (excludes halogenated alkanes) is 9. The summed E-state index contributed by atoms with van der Waals surface area (Å²) >= 11 is 0. The van der Waals surface area contributed by atoms with Crippen LogP contribution in [-0.4, -0.2) is 75.5 Å². The number of ether oxygens (including phenoxy) is 3. The number of esters is 2. The SMILES string of the molecule is CC/C=C/C/C=C/CCCCCCCCCC(=O)OC(COCCC(C(=O)[O-])[N+](C)(C)C)COC(=O)CCCC/C=C/C/C=C/CC. The average molecular weight is 662 g/mol. The van der Waals surface area contributed by atoms with Crippen molar-refractivity contribution in [2.45, 2.75) is 142 Å². The van der Waals surface area contributed by atoms with Gasteiger partial charge in [0, 0.05) is 19.3 Å². The Balaban J connectivity index is 4.48. The van der Waals surface area contributed by atoms with Crippen molar-refractivity contribution in [1.82, 2.24) is 0 Å². The largest absolute Gasteiger partial charge is 0.544 e. The van der Waals surface area contributed by atoms with E-state index in [1.165, 1.54) is 19.3 Å². The van der Waals surface area contributed by atoms with E-state index >= 15 is 0 Å². The second kappa shape index (κ2) is 30.6. The van der Waals surface area contributed by atoms with Gasteiger partial charge in [0.2, 0.25) is 0 Å². The summed E-state index contributed by atoms with van der Waals surface area (Å²) < 4.78 is 17.0. The summed E-state index contributed by atoms with van der Waals surface area (Å²) in [5.41, 5.74) is 0. The molecule has 0 aromatic carbocycles. The Hall–Kier alpha value is -2.71. The third-order valence-electron chi connectivity index (χ3n) is 7.71. The molecule has 0 aliphatic rings. The Bertz CT molecular complexity index is 917. The summed E-state index contributed by atoms with van der Waals surface area (Å²) in [6, 6.07) is -0.730. The molecule has 0 spiro atoms. The van der Waals surface area contributed by atoms with Gasteiger partial charge in [0.1, 0.15) is 12.6 Å². The molecule has 0 aromatic rings. The van der Waals surface area contributed by atoms with Crippen LogP contribution in [-0.2, 0) is 28.6 Å². The van der Waals surface area contributed by atoms with Crippen LogP contribution < -0.4 is 5.11 Å². The van der Waals surface area contributed by atoms with Gasteiger partial charge in [-0.3, -0.25) is 9.59 Å². The second-order valence-electron chi connectivity index (χ2n) is 13.0. The highest BCUT2D eigenvalue weighted by Gasteiger charge is 2.25. The number of carboxylic acids is 1. The first-order valence-electron chi connectivity index (χ1n) is 18.2. The quantitative estimate of drug-likeness (QED) is 0.0327. The van der Waals surface area contributed by atoms with Crippen molar-refractivity contribution in [2.75, 3.05) is 41.0 Å². The van der Waals surface area contributed by atoms with Crippen molar-refractivity contribution >= 4 is 17.9 Å². The van der Waals surface area contributed by atoms with Gasteiger partial charge in [-0.2, -0.15) is 0 Å². The number of quaternary nitrogens is 1. The van der Waals surface area contributed by atoms with Crippen LogP contribution in [0.4, 0.5) is 0 Å². The third kappa shape index (κ3) is 29.2. The molecule has 0 saturated heterocycles. The number of carbonyl (C=O) groups is 3. The van der Waals surface area contributed by atoms with E-state index in [2.05, 4.69) is 62.5 Å². The molecule has 8 nitrogen and oxygen atoms in total. The molecule has 0 aromatic heterocycles. The fourth-order valence-electron chi connectivity index (χ4n) is 4.91. The van der Waals surface area contributed by atoms with Crippen LogP contribution in [0, 0.1) is 0 Å². The minimum absolute atomic E-state index is 0.0256. The normalized spacial score (nSPS) is 13.6. The third-order valence-corrected chi connectivity index (χ3v) is 7.71. The van der Waals surface area contributed by atoms with Crippen molar-refractivity contribution in [3.63, 3.8) is 0 Å². The van der Waals surface area contributed by atoms with Gasteiger partial charge < -0.3 is 28.6 Å². The van der Waals surface area contributed by atoms with Gasteiger partial charge in [-0.1, -0.05) is 94.6 Å². The molecule has 0 N–H and O–H groups in total. The van der Waals surface area contributed by atoms with E-state index in [9.17, 15) is 19.5 Å². The first-order chi connectivity index (χ1) is 22.6. The van der Waals surface area contributed by atoms with Gasteiger partial charge in [-0.05, 0) is 64.2 Å². The lowest BCUT2D eigenvalue weighted by Crippen LogP contribution is -2.55. The standard InChI is InChI=1S/C39H67NO7/c1-6-8-10-12-14-16-17-18-19-20-22-24-26-28-30-38(42)47-35(33-45-32-31-36(39(43)44)40(3,4)5)34-46-37(41)29-27-25-23-21-15-13-11-9-7-2/h8-11,14-16,21,35-36H,6-7,12-13,17-20,22-34H2,1-5H3/b10-8+,11-9+,16-14+,21-15+. The zero-order chi connectivity index (χ0) is 35.0. The van der Waals surface area contributed by atoms with E-state index in [-0.39, 0.29) is 42.7 Å². The van der Waals surface area contributed by atoms with E-state index in [0.717, 1.165) is 77.0 Å². The predicted octanol–water partition coefficient (Wildman–Crippen LogP) is 7.57. The molecule has 2 unspecified atom stereocenters. The number of nitrogens with zero attached hydrogens (tertiary/aromatic N) is 1. The zero-order valence-electron chi connectivity index (χ0n) is 30.4. The minimum atomic E-state index is -1.13. The van der Waals surface area contributed by atoms with Gasteiger partial charge in [0.25, 0.3) is 0 Å². The molecule has 47 heavy (non-hydrogen) atoms. The van der Waals surface area contributed by atoms with E-state index in [0.29, 0.717) is 12.8 Å². The fourth-order valence-corrected chi connectivity index (χ4v) is 4.91. The van der Waals surface area contributed by atoms with Crippen LogP contribution in [0.1, 0.15) is 129 Å². The first kappa shape index (κ1) is 44.3. The Kier molecular flexibility index (Phi) is 28.8. The number of carboxylic acid groups (broad SMARTS) is 1. The lowest BCUT2D eigenvalue weighted by molar-refractivity contribution is -0.889. The molecule has 0 saturated carbocycles. The van der Waals surface area contributed by atoms with Crippen LogP contribution in [0.3, 0.4) is 0 Å². The first-order valence-corrected chi connectivity index (χ1v) is 18.2. The molecule has 0 radical (unpaired) electrons. The van der Waals surface area contributed by atoms with Gasteiger partial charge in [-0.25, -0.2) is 0 Å². The molecule has 0 aliphatic carbocycles. The molecule has 0 aliphatic heterocycles. The molecule has 270 valence electrons. The molecule has 0 bridgehead atoms. The summed E-state index contributed by atoms with van der Waals surface area (Å²) in [7, 11) is 5.37. The number of likely N-dealkylation sites (N-methyl/N-ethyl adjacent to an activating group) is 1. The van der Waals surface area contributed by atoms with Crippen molar-refractivity contribution in [3.05, 3.63) is 48.6 Å². The Morgan fingerprint density at radius 1 is 0.638 bits per heavy atom. The lowest BCUT2D eigenvalue weighted by atomic mass is 10.1. The number of carbonyl (C=O) groups excluding carboxylic acids is 3. The maximum absolute atomic E-state index is 12.6. The number of rotatable bonds is 31. The fraction of sp³-hybridized carbons (Fsp3) is 0.718. The van der Waals surface area contributed by atoms with E-state index < -0.39 is 18.1 Å². The topological polar surface area (TPSA) is 102 Å². The van der Waals surface area contributed by atoms with Crippen LogP contribution in [0.2, 0.25) is 0 Å². The van der Waals surface area contributed by atoms with Gasteiger partial charge in [0.15, 0.2) is 6.10 Å².